The zero-order valence-corrected chi connectivity index (χ0v) is 10.9. The van der Waals surface area contributed by atoms with Gasteiger partial charge in [0.1, 0.15) is 24.5 Å². The maximum Gasteiger partial charge on any atom is 0.325 e. The van der Waals surface area contributed by atoms with Gasteiger partial charge in [-0.15, -0.1) is 0 Å². The summed E-state index contributed by atoms with van der Waals surface area (Å²) in [5, 5.41) is 34.6. The summed E-state index contributed by atoms with van der Waals surface area (Å²) in [4.78, 5) is 13.3. The van der Waals surface area contributed by atoms with Crippen molar-refractivity contribution in [2.75, 3.05) is 6.61 Å². The molecule has 1 saturated heterocycles. The number of nitrogens with zero attached hydrogens (tertiary/aromatic N) is 1. The molecule has 3 heterocycles. The number of nitrogens with one attached hydrogen (secondary N) is 2. The molecule has 0 spiro atoms. The van der Waals surface area contributed by atoms with E-state index in [0.717, 1.165) is 11.3 Å². The molecule has 0 aromatic carbocycles. The summed E-state index contributed by atoms with van der Waals surface area (Å²) in [6, 6.07) is -0.441. The van der Waals surface area contributed by atoms with Crippen LogP contribution in [0.4, 0.5) is 4.79 Å². The summed E-state index contributed by atoms with van der Waals surface area (Å²) < 4.78 is 5.35. The average molecular weight is 283 g/mol. The Morgan fingerprint density at radius 1 is 1.35 bits per heavy atom. The van der Waals surface area contributed by atoms with E-state index in [4.69, 9.17) is 9.84 Å². The largest absolute Gasteiger partial charge is 0.394 e. The lowest BCUT2D eigenvalue weighted by atomic mass is 10.1. The first-order chi connectivity index (χ1) is 9.51. The minimum atomic E-state index is -1.27. The lowest BCUT2D eigenvalue weighted by molar-refractivity contribution is -0.0664. The smallest absolute Gasteiger partial charge is 0.325 e. The molecular weight excluding hydrogens is 266 g/mol. The van der Waals surface area contributed by atoms with Gasteiger partial charge in [-0.2, -0.15) is 0 Å². The van der Waals surface area contributed by atoms with Gasteiger partial charge >= 0.3 is 6.03 Å². The highest BCUT2D eigenvalue weighted by atomic mass is 16.6. The molecule has 0 aromatic rings. The predicted octanol–water partition coefficient (Wildman–Crippen LogP) is -1.83. The number of ether oxygens (including phenoxy) is 1. The summed E-state index contributed by atoms with van der Waals surface area (Å²) in [5.74, 6) is 0. The molecule has 110 valence electrons. The molecule has 3 aliphatic heterocycles. The van der Waals surface area contributed by atoms with Crippen molar-refractivity contribution in [3.63, 3.8) is 0 Å². The third-order valence-corrected chi connectivity index (χ3v) is 3.67. The van der Waals surface area contributed by atoms with E-state index in [2.05, 4.69) is 10.6 Å². The van der Waals surface area contributed by atoms with Gasteiger partial charge in [-0.05, 0) is 13.0 Å². The van der Waals surface area contributed by atoms with Crippen molar-refractivity contribution >= 4 is 6.03 Å². The van der Waals surface area contributed by atoms with Crippen LogP contribution in [-0.4, -0.2) is 63.6 Å². The molecule has 8 nitrogen and oxygen atoms in total. The standard InChI is InChI=1S/C12H17N3O5/c1-5-2-6-3-15(12(19)14-10(6)13-5)11-9(18)8(17)7(4-16)20-11/h2-3,7-11,13,16-18H,4H2,1H3,(H,14,19)/t7-,8-,9-,10?,11-/m1/s1. The van der Waals surface area contributed by atoms with Crippen LogP contribution in [0.3, 0.4) is 0 Å². The van der Waals surface area contributed by atoms with Crippen molar-refractivity contribution in [3.05, 3.63) is 23.5 Å². The highest BCUT2D eigenvalue weighted by molar-refractivity contribution is 5.78. The van der Waals surface area contributed by atoms with Gasteiger partial charge in [0.05, 0.1) is 6.61 Å². The number of fused-ring (bicyclic) bond motifs is 1. The molecule has 1 unspecified atom stereocenters. The Bertz CT molecular complexity index is 491. The van der Waals surface area contributed by atoms with Crippen molar-refractivity contribution in [1.82, 2.24) is 15.5 Å². The molecule has 8 heteroatoms. The van der Waals surface area contributed by atoms with Crippen LogP contribution in [0, 0.1) is 0 Å². The Morgan fingerprint density at radius 3 is 2.75 bits per heavy atom. The van der Waals surface area contributed by atoms with Crippen molar-refractivity contribution in [3.8, 4) is 0 Å². The van der Waals surface area contributed by atoms with E-state index in [-0.39, 0.29) is 6.17 Å². The Balaban J connectivity index is 1.85. The second-order valence-electron chi connectivity index (χ2n) is 5.12. The minimum absolute atomic E-state index is 0.282. The summed E-state index contributed by atoms with van der Waals surface area (Å²) in [6.45, 7) is 1.45. The van der Waals surface area contributed by atoms with Gasteiger partial charge in [0.25, 0.3) is 0 Å². The Hall–Kier alpha value is -1.61. The van der Waals surface area contributed by atoms with Gasteiger partial charge in [-0.25, -0.2) is 4.79 Å². The van der Waals surface area contributed by atoms with Crippen LogP contribution in [0.5, 0.6) is 0 Å². The van der Waals surface area contributed by atoms with E-state index in [9.17, 15) is 15.0 Å². The quantitative estimate of drug-likeness (QED) is 0.407. The molecule has 0 bridgehead atoms. The monoisotopic (exact) mass is 283 g/mol. The molecule has 3 rings (SSSR count). The topological polar surface area (TPSA) is 114 Å². The number of amides is 2. The third kappa shape index (κ3) is 1.97. The lowest BCUT2D eigenvalue weighted by Gasteiger charge is -2.33. The second-order valence-corrected chi connectivity index (χ2v) is 5.12. The first-order valence-corrected chi connectivity index (χ1v) is 6.39. The minimum Gasteiger partial charge on any atom is -0.394 e. The molecule has 5 N–H and O–H groups in total. The lowest BCUT2D eigenvalue weighted by Crippen LogP contribution is -2.56. The molecule has 5 atom stereocenters. The fraction of sp³-hybridized carbons (Fsp3) is 0.583. The SMILES string of the molecule is CC1=CC2=CN([C@@H]3O[C@H](CO)[C@@H](O)[C@H]3O)C(=O)NC2N1. The Kier molecular flexibility index (Phi) is 3.17. The van der Waals surface area contributed by atoms with E-state index >= 15 is 0 Å². The van der Waals surface area contributed by atoms with E-state index < -0.39 is 37.2 Å². The molecule has 2 amide bonds. The van der Waals surface area contributed by atoms with Gasteiger partial charge in [0.15, 0.2) is 6.23 Å². The van der Waals surface area contributed by atoms with E-state index in [1.54, 1.807) is 6.20 Å². The van der Waals surface area contributed by atoms with Crippen molar-refractivity contribution < 1.29 is 24.9 Å². The maximum atomic E-state index is 12.0. The summed E-state index contributed by atoms with van der Waals surface area (Å²) in [5.41, 5.74) is 1.75. The van der Waals surface area contributed by atoms with Crippen molar-refractivity contribution in [1.29, 1.82) is 0 Å². The molecular formula is C12H17N3O5. The molecule has 0 aromatic heterocycles. The van der Waals surface area contributed by atoms with Crippen LogP contribution < -0.4 is 10.6 Å². The number of aliphatic hydroxyl groups is 3. The highest BCUT2D eigenvalue weighted by Gasteiger charge is 2.47. The normalized spacial score (nSPS) is 39.9. The summed E-state index contributed by atoms with van der Waals surface area (Å²) >= 11 is 0. The van der Waals surface area contributed by atoms with Gasteiger partial charge in [-0.1, -0.05) is 0 Å². The number of hydrogen-bond acceptors (Lipinski definition) is 6. The van der Waals surface area contributed by atoms with Gasteiger partial charge in [-0.3, -0.25) is 4.90 Å². The fourth-order valence-electron chi connectivity index (χ4n) is 2.63. The number of carbonyl (C=O) groups excluding carboxylic acids is 1. The number of rotatable bonds is 2. The number of allylic oxidation sites excluding steroid dienone is 1. The van der Waals surface area contributed by atoms with Gasteiger partial charge in [0, 0.05) is 17.5 Å². The molecule has 1 fully saturated rings. The van der Waals surface area contributed by atoms with Crippen molar-refractivity contribution in [2.45, 2.75) is 37.6 Å². The molecule has 3 aliphatic rings. The van der Waals surface area contributed by atoms with E-state index in [1.807, 2.05) is 13.0 Å². The molecule has 20 heavy (non-hydrogen) atoms. The summed E-state index contributed by atoms with van der Waals surface area (Å²) in [7, 11) is 0. The van der Waals surface area contributed by atoms with E-state index in [0.29, 0.717) is 0 Å². The van der Waals surface area contributed by atoms with Crippen LogP contribution in [0.15, 0.2) is 23.5 Å². The molecule has 0 saturated carbocycles. The molecule has 0 radical (unpaired) electrons. The third-order valence-electron chi connectivity index (χ3n) is 3.67. The fourth-order valence-corrected chi connectivity index (χ4v) is 2.63. The Morgan fingerprint density at radius 2 is 2.10 bits per heavy atom. The van der Waals surface area contributed by atoms with Crippen LogP contribution in [0.1, 0.15) is 6.92 Å². The first-order valence-electron chi connectivity index (χ1n) is 6.39. The van der Waals surface area contributed by atoms with Crippen LogP contribution in [-0.2, 0) is 4.74 Å². The number of hydrogen-bond donors (Lipinski definition) is 5. The molecule has 0 aliphatic carbocycles. The predicted molar refractivity (Wildman–Crippen MR) is 66.9 cm³/mol. The number of urea groups is 1. The first kappa shape index (κ1) is 13.4. The van der Waals surface area contributed by atoms with Crippen molar-refractivity contribution in [2.24, 2.45) is 0 Å². The average Bonchev–Trinajstić information content (AvgIpc) is 2.89. The highest BCUT2D eigenvalue weighted by Crippen LogP contribution is 2.28. The second kappa shape index (κ2) is 4.74. The number of aliphatic hydroxyl groups excluding tert-OH is 3. The van der Waals surface area contributed by atoms with Gasteiger partial charge < -0.3 is 30.7 Å². The van der Waals surface area contributed by atoms with E-state index in [1.165, 1.54) is 4.90 Å². The van der Waals surface area contributed by atoms with Crippen LogP contribution in [0.25, 0.3) is 0 Å². The van der Waals surface area contributed by atoms with Crippen LogP contribution in [0.2, 0.25) is 0 Å². The zero-order chi connectivity index (χ0) is 14.4. The maximum absolute atomic E-state index is 12.0. The summed E-state index contributed by atoms with van der Waals surface area (Å²) in [6.07, 6.45) is -1.26. The zero-order valence-electron chi connectivity index (χ0n) is 10.9. The van der Waals surface area contributed by atoms with Crippen LogP contribution >= 0.6 is 0 Å². The van der Waals surface area contributed by atoms with Gasteiger partial charge in [0.2, 0.25) is 0 Å². The Labute approximate surface area is 115 Å². The number of carbonyl (C=O) groups is 1.